The number of nitro groups is 1. The van der Waals surface area contributed by atoms with E-state index in [4.69, 9.17) is 0 Å². The molecule has 0 fully saturated rings. The zero-order valence-corrected chi connectivity index (χ0v) is 10.8. The lowest BCUT2D eigenvalue weighted by atomic mass is 10.3. The highest BCUT2D eigenvalue weighted by Crippen LogP contribution is 2.23. The molecule has 7 heteroatoms. The number of hydrogen-bond acceptors (Lipinski definition) is 5. The molecule has 0 bridgehead atoms. The van der Waals surface area contributed by atoms with E-state index in [0.717, 1.165) is 23.5 Å². The average molecular weight is 266 g/mol. The minimum atomic E-state index is -0.359. The van der Waals surface area contributed by atoms with Gasteiger partial charge in [0.15, 0.2) is 0 Å². The summed E-state index contributed by atoms with van der Waals surface area (Å²) in [5.74, 6) is 0. The van der Waals surface area contributed by atoms with Crippen LogP contribution >= 0.6 is 11.3 Å². The summed E-state index contributed by atoms with van der Waals surface area (Å²) in [5.41, 5.74) is 1.04. The summed E-state index contributed by atoms with van der Waals surface area (Å²) in [7, 11) is 1.89. The Morgan fingerprint density at radius 2 is 2.33 bits per heavy atom. The van der Waals surface area contributed by atoms with Crippen molar-refractivity contribution in [2.75, 3.05) is 6.54 Å². The highest BCUT2D eigenvalue weighted by Gasteiger charge is 2.08. The summed E-state index contributed by atoms with van der Waals surface area (Å²) in [6, 6.07) is 5.31. The van der Waals surface area contributed by atoms with Gasteiger partial charge in [-0.3, -0.25) is 14.8 Å². The van der Waals surface area contributed by atoms with Crippen molar-refractivity contribution >= 4 is 16.3 Å². The molecular formula is C11H14N4O2S. The monoisotopic (exact) mass is 266 g/mol. The zero-order valence-electron chi connectivity index (χ0n) is 10.00. The molecule has 2 aromatic heterocycles. The average Bonchev–Trinajstić information content (AvgIpc) is 2.93. The Labute approximate surface area is 108 Å². The number of rotatable bonds is 6. The molecular weight excluding hydrogens is 252 g/mol. The summed E-state index contributed by atoms with van der Waals surface area (Å²) in [6.07, 6.45) is 2.77. The van der Waals surface area contributed by atoms with Crippen molar-refractivity contribution in [1.29, 1.82) is 0 Å². The van der Waals surface area contributed by atoms with Crippen molar-refractivity contribution in [3.63, 3.8) is 0 Å². The van der Waals surface area contributed by atoms with Gasteiger partial charge in [-0.1, -0.05) is 11.3 Å². The molecule has 0 amide bonds. The van der Waals surface area contributed by atoms with Crippen LogP contribution in [-0.2, 0) is 20.0 Å². The lowest BCUT2D eigenvalue weighted by molar-refractivity contribution is -0.380. The number of aryl methyl sites for hydroxylation is 1. The summed E-state index contributed by atoms with van der Waals surface area (Å²) in [4.78, 5) is 11.1. The van der Waals surface area contributed by atoms with Crippen LogP contribution in [0.5, 0.6) is 0 Å². The molecule has 0 unspecified atom stereocenters. The maximum atomic E-state index is 10.5. The third kappa shape index (κ3) is 3.38. The van der Waals surface area contributed by atoms with Crippen LogP contribution in [-0.4, -0.2) is 21.2 Å². The first-order valence-electron chi connectivity index (χ1n) is 5.57. The van der Waals surface area contributed by atoms with Crippen LogP contribution in [0.25, 0.3) is 0 Å². The number of hydrogen-bond donors (Lipinski definition) is 1. The summed E-state index contributed by atoms with van der Waals surface area (Å²) in [5, 5.41) is 18.2. The van der Waals surface area contributed by atoms with E-state index >= 15 is 0 Å². The van der Waals surface area contributed by atoms with Gasteiger partial charge in [0.1, 0.15) is 0 Å². The van der Waals surface area contributed by atoms with Crippen molar-refractivity contribution in [2.24, 2.45) is 7.05 Å². The van der Waals surface area contributed by atoms with Crippen LogP contribution in [0, 0.1) is 10.1 Å². The van der Waals surface area contributed by atoms with E-state index in [2.05, 4.69) is 10.4 Å². The van der Waals surface area contributed by atoms with Crippen LogP contribution in [0.2, 0.25) is 0 Å². The van der Waals surface area contributed by atoms with Crippen molar-refractivity contribution < 1.29 is 4.92 Å². The fraction of sp³-hybridized carbons (Fsp3) is 0.364. The Bertz CT molecular complexity index is 535. The van der Waals surface area contributed by atoms with Gasteiger partial charge in [-0.15, -0.1) is 0 Å². The molecule has 0 aliphatic heterocycles. The van der Waals surface area contributed by atoms with Crippen molar-refractivity contribution in [3.05, 3.63) is 45.1 Å². The standard InChI is InChI=1S/C11H14N4O2S/c1-14-7-5-9(13-14)4-6-12-8-10-2-3-11(18-10)15(16)17/h2-3,5,7,12H,4,6,8H2,1H3. The molecule has 0 spiro atoms. The SMILES string of the molecule is Cn1ccc(CCNCc2ccc([N+](=O)[O-])s2)n1. The van der Waals surface area contributed by atoms with Crippen LogP contribution < -0.4 is 5.32 Å². The Kier molecular flexibility index (Phi) is 4.06. The quantitative estimate of drug-likeness (QED) is 0.491. The minimum Gasteiger partial charge on any atom is -0.311 e. The number of nitrogens with one attached hydrogen (secondary N) is 1. The van der Waals surface area contributed by atoms with E-state index in [1.165, 1.54) is 11.3 Å². The molecule has 0 radical (unpaired) electrons. The third-order valence-electron chi connectivity index (χ3n) is 2.45. The van der Waals surface area contributed by atoms with E-state index in [1.54, 1.807) is 16.8 Å². The molecule has 1 N–H and O–H groups in total. The first-order chi connectivity index (χ1) is 8.65. The fourth-order valence-corrected chi connectivity index (χ4v) is 2.37. The van der Waals surface area contributed by atoms with E-state index in [9.17, 15) is 10.1 Å². The molecule has 0 atom stereocenters. The van der Waals surface area contributed by atoms with Gasteiger partial charge in [0, 0.05) is 43.7 Å². The second-order valence-corrected chi connectivity index (χ2v) is 5.05. The predicted octanol–water partition coefficient (Wildman–Crippen LogP) is 1.72. The van der Waals surface area contributed by atoms with Gasteiger partial charge in [-0.05, 0) is 12.1 Å². The maximum absolute atomic E-state index is 10.5. The molecule has 2 rings (SSSR count). The van der Waals surface area contributed by atoms with Gasteiger partial charge in [0.25, 0.3) is 0 Å². The van der Waals surface area contributed by atoms with Gasteiger partial charge in [0.05, 0.1) is 10.6 Å². The summed E-state index contributed by atoms with van der Waals surface area (Å²) in [6.45, 7) is 1.47. The van der Waals surface area contributed by atoms with Crippen LogP contribution in [0.15, 0.2) is 24.4 Å². The molecule has 2 heterocycles. The molecule has 96 valence electrons. The molecule has 0 saturated heterocycles. The lowest BCUT2D eigenvalue weighted by Crippen LogP contribution is -2.16. The summed E-state index contributed by atoms with van der Waals surface area (Å²) < 4.78 is 1.78. The Balaban J connectivity index is 1.73. The minimum absolute atomic E-state index is 0.191. The van der Waals surface area contributed by atoms with E-state index in [1.807, 2.05) is 19.3 Å². The van der Waals surface area contributed by atoms with E-state index < -0.39 is 0 Å². The topological polar surface area (TPSA) is 73.0 Å². The van der Waals surface area contributed by atoms with Gasteiger partial charge in [-0.25, -0.2) is 0 Å². The predicted molar refractivity (Wildman–Crippen MR) is 69.6 cm³/mol. The third-order valence-corrected chi connectivity index (χ3v) is 3.49. The first kappa shape index (κ1) is 12.7. The van der Waals surface area contributed by atoms with Crippen LogP contribution in [0.4, 0.5) is 5.00 Å². The smallest absolute Gasteiger partial charge is 0.311 e. The molecule has 0 aliphatic carbocycles. The second-order valence-electron chi connectivity index (χ2n) is 3.90. The number of thiophene rings is 1. The normalized spacial score (nSPS) is 10.7. The molecule has 6 nitrogen and oxygen atoms in total. The largest absolute Gasteiger partial charge is 0.324 e. The van der Waals surface area contributed by atoms with E-state index in [-0.39, 0.29) is 9.92 Å². The maximum Gasteiger partial charge on any atom is 0.324 e. The highest BCUT2D eigenvalue weighted by molar-refractivity contribution is 7.15. The second kappa shape index (κ2) is 5.74. The van der Waals surface area contributed by atoms with Crippen molar-refractivity contribution in [1.82, 2.24) is 15.1 Å². The van der Waals surface area contributed by atoms with Gasteiger partial charge >= 0.3 is 5.00 Å². The highest BCUT2D eigenvalue weighted by atomic mass is 32.1. The number of aromatic nitrogens is 2. The van der Waals surface area contributed by atoms with Gasteiger partial charge in [-0.2, -0.15) is 5.10 Å². The zero-order chi connectivity index (χ0) is 13.0. The molecule has 18 heavy (non-hydrogen) atoms. The van der Waals surface area contributed by atoms with Crippen molar-refractivity contribution in [3.8, 4) is 0 Å². The van der Waals surface area contributed by atoms with Gasteiger partial charge in [0.2, 0.25) is 0 Å². The van der Waals surface area contributed by atoms with E-state index in [0.29, 0.717) is 6.54 Å². The molecule has 0 aromatic carbocycles. The molecule has 0 aliphatic rings. The molecule has 2 aromatic rings. The first-order valence-corrected chi connectivity index (χ1v) is 6.39. The number of nitrogens with zero attached hydrogens (tertiary/aromatic N) is 3. The fourth-order valence-electron chi connectivity index (χ4n) is 1.58. The van der Waals surface area contributed by atoms with Crippen molar-refractivity contribution in [2.45, 2.75) is 13.0 Å². The Morgan fingerprint density at radius 1 is 1.50 bits per heavy atom. The molecule has 0 saturated carbocycles. The van der Waals surface area contributed by atoms with Crippen LogP contribution in [0.3, 0.4) is 0 Å². The Hall–Kier alpha value is -1.73. The lowest BCUT2D eigenvalue weighted by Gasteiger charge is -2.00. The summed E-state index contributed by atoms with van der Waals surface area (Å²) >= 11 is 1.21. The Morgan fingerprint density at radius 3 is 2.94 bits per heavy atom. The van der Waals surface area contributed by atoms with Crippen LogP contribution in [0.1, 0.15) is 10.6 Å². The van der Waals surface area contributed by atoms with Gasteiger partial charge < -0.3 is 5.32 Å².